The zero-order chi connectivity index (χ0) is 23.8. The molecular weight excluding hydrogens is 442 g/mol. The number of rotatable bonds is 5. The summed E-state index contributed by atoms with van der Waals surface area (Å²) in [4.78, 5) is 26.8. The lowest BCUT2D eigenvalue weighted by Crippen LogP contribution is -2.48. The molecule has 2 fully saturated rings. The van der Waals surface area contributed by atoms with Crippen molar-refractivity contribution in [3.05, 3.63) is 18.2 Å². The van der Waals surface area contributed by atoms with Gasteiger partial charge in [-0.25, -0.2) is 8.42 Å². The maximum Gasteiger partial charge on any atom is 0.265 e. The molecule has 4 rings (SSSR count). The molecule has 1 saturated heterocycles. The quantitative estimate of drug-likeness (QED) is 0.704. The molecule has 1 saturated carbocycles. The highest BCUT2D eigenvalue weighted by atomic mass is 32.2. The van der Waals surface area contributed by atoms with Crippen LogP contribution in [-0.4, -0.2) is 56.8 Å². The van der Waals surface area contributed by atoms with Crippen LogP contribution < -0.4 is 15.0 Å². The minimum atomic E-state index is -3.72. The Hall–Kier alpha value is -2.13. The average molecular weight is 478 g/mol. The highest BCUT2D eigenvalue weighted by Gasteiger charge is 2.34. The summed E-state index contributed by atoms with van der Waals surface area (Å²) in [5, 5.41) is 3.04. The predicted molar refractivity (Wildman–Crippen MR) is 126 cm³/mol. The van der Waals surface area contributed by atoms with Gasteiger partial charge in [0.2, 0.25) is 15.9 Å². The number of fused-ring (bicyclic) bond motifs is 1. The number of piperidine rings is 1. The van der Waals surface area contributed by atoms with Gasteiger partial charge in [0.05, 0.1) is 10.6 Å². The van der Waals surface area contributed by atoms with Crippen molar-refractivity contribution in [2.75, 3.05) is 31.1 Å². The van der Waals surface area contributed by atoms with Crippen molar-refractivity contribution in [1.82, 2.24) is 9.62 Å². The fourth-order valence-corrected chi connectivity index (χ4v) is 6.99. The first-order chi connectivity index (χ1) is 15.6. The second kappa shape index (κ2) is 9.62. The van der Waals surface area contributed by atoms with Crippen molar-refractivity contribution in [2.45, 2.75) is 63.8 Å². The van der Waals surface area contributed by atoms with Crippen LogP contribution in [0.3, 0.4) is 0 Å². The van der Waals surface area contributed by atoms with E-state index in [1.54, 1.807) is 6.07 Å². The fraction of sp³-hybridized carbons (Fsp3) is 0.667. The molecule has 2 atom stereocenters. The molecule has 8 nitrogen and oxygen atoms in total. The first-order valence-corrected chi connectivity index (χ1v) is 13.4. The van der Waals surface area contributed by atoms with Crippen molar-refractivity contribution >= 4 is 27.5 Å². The molecule has 0 spiro atoms. The van der Waals surface area contributed by atoms with E-state index < -0.39 is 10.0 Å². The largest absolute Gasteiger partial charge is 0.482 e. The van der Waals surface area contributed by atoms with Gasteiger partial charge in [0, 0.05) is 19.1 Å². The normalized spacial score (nSPS) is 28.7. The monoisotopic (exact) mass is 477 g/mol. The van der Waals surface area contributed by atoms with Crippen LogP contribution in [0.15, 0.2) is 23.1 Å². The van der Waals surface area contributed by atoms with Gasteiger partial charge in [0.25, 0.3) is 5.91 Å². The predicted octanol–water partition coefficient (Wildman–Crippen LogP) is 2.77. The number of ether oxygens (including phenoxy) is 1. The van der Waals surface area contributed by atoms with Gasteiger partial charge in [-0.2, -0.15) is 4.31 Å². The smallest absolute Gasteiger partial charge is 0.265 e. The van der Waals surface area contributed by atoms with E-state index in [-0.39, 0.29) is 47.7 Å². The Labute approximate surface area is 196 Å². The van der Waals surface area contributed by atoms with E-state index in [4.69, 9.17) is 4.74 Å². The van der Waals surface area contributed by atoms with Gasteiger partial charge in [-0.15, -0.1) is 0 Å². The van der Waals surface area contributed by atoms with Crippen molar-refractivity contribution in [3.8, 4) is 5.75 Å². The molecule has 2 unspecified atom stereocenters. The van der Waals surface area contributed by atoms with E-state index in [2.05, 4.69) is 26.1 Å². The van der Waals surface area contributed by atoms with E-state index >= 15 is 0 Å². The molecular formula is C24H35N3O5S. The van der Waals surface area contributed by atoms with Gasteiger partial charge < -0.3 is 10.1 Å². The number of hydrogen-bond donors (Lipinski definition) is 1. The molecule has 2 heterocycles. The maximum absolute atomic E-state index is 13.4. The molecule has 2 amide bonds. The fourth-order valence-electron chi connectivity index (χ4n) is 5.29. The van der Waals surface area contributed by atoms with Gasteiger partial charge in [-0.3, -0.25) is 14.5 Å². The summed E-state index contributed by atoms with van der Waals surface area (Å²) in [7, 11) is -3.72. The van der Waals surface area contributed by atoms with Crippen molar-refractivity contribution in [2.24, 2.45) is 17.8 Å². The van der Waals surface area contributed by atoms with Gasteiger partial charge >= 0.3 is 0 Å². The van der Waals surface area contributed by atoms with E-state index in [1.807, 2.05) is 0 Å². The molecule has 2 aliphatic heterocycles. The first kappa shape index (κ1) is 24.0. The number of nitrogens with one attached hydrogen (secondary N) is 1. The molecule has 1 aliphatic carbocycles. The van der Waals surface area contributed by atoms with Crippen molar-refractivity contribution in [1.29, 1.82) is 0 Å². The standard InChI is InChI=1S/C24H35N3O5S/c1-16-4-6-19(7-5-16)25-23(28)14-27-21-11-20(8-9-22(21)32-15-24(27)29)33(30,31)26-12-17(2)10-18(3)13-26/h8-9,11,16-19H,4-7,10,12-15H2,1-3H3,(H,25,28). The van der Waals surface area contributed by atoms with Gasteiger partial charge in [-0.05, 0) is 68.1 Å². The Morgan fingerprint density at radius 3 is 2.39 bits per heavy atom. The van der Waals surface area contributed by atoms with Crippen LogP contribution in [0, 0.1) is 17.8 Å². The maximum atomic E-state index is 13.4. The lowest BCUT2D eigenvalue weighted by Gasteiger charge is -2.34. The van der Waals surface area contributed by atoms with Crippen LogP contribution in [0.25, 0.3) is 0 Å². The molecule has 9 heteroatoms. The minimum absolute atomic E-state index is 0.118. The number of anilines is 1. The summed E-state index contributed by atoms with van der Waals surface area (Å²) in [5.41, 5.74) is 0.331. The molecule has 1 aromatic rings. The Bertz CT molecular complexity index is 993. The molecule has 0 aromatic heterocycles. The number of carbonyl (C=O) groups excluding carboxylic acids is 2. The highest BCUT2D eigenvalue weighted by Crippen LogP contribution is 2.36. The second-order valence-electron chi connectivity index (χ2n) is 10.2. The second-order valence-corrected chi connectivity index (χ2v) is 12.1. The van der Waals surface area contributed by atoms with Crippen LogP contribution in [0.4, 0.5) is 5.69 Å². The van der Waals surface area contributed by atoms with Gasteiger partial charge in [0.15, 0.2) is 6.61 Å². The minimum Gasteiger partial charge on any atom is -0.482 e. The van der Waals surface area contributed by atoms with Crippen LogP contribution >= 0.6 is 0 Å². The molecule has 1 aromatic carbocycles. The lowest BCUT2D eigenvalue weighted by molar-refractivity contribution is -0.125. The van der Waals surface area contributed by atoms with E-state index in [9.17, 15) is 18.0 Å². The third kappa shape index (κ3) is 5.35. The number of nitrogens with zero attached hydrogens (tertiary/aromatic N) is 2. The number of sulfonamides is 1. The molecule has 33 heavy (non-hydrogen) atoms. The Kier molecular flexibility index (Phi) is 7.00. The summed E-state index contributed by atoms with van der Waals surface area (Å²) in [5.74, 6) is 1.07. The topological polar surface area (TPSA) is 96.0 Å². The summed E-state index contributed by atoms with van der Waals surface area (Å²) in [6.07, 6.45) is 5.05. The van der Waals surface area contributed by atoms with Crippen LogP contribution in [0.2, 0.25) is 0 Å². The van der Waals surface area contributed by atoms with Gasteiger partial charge in [-0.1, -0.05) is 20.8 Å². The zero-order valence-corrected chi connectivity index (χ0v) is 20.6. The molecule has 0 radical (unpaired) electrons. The number of amides is 2. The molecule has 1 N–H and O–H groups in total. The van der Waals surface area contributed by atoms with Crippen molar-refractivity contribution < 1.29 is 22.7 Å². The van der Waals surface area contributed by atoms with E-state index in [0.29, 0.717) is 30.4 Å². The molecule has 182 valence electrons. The molecule has 3 aliphatic rings. The molecule has 0 bridgehead atoms. The van der Waals surface area contributed by atoms with Crippen LogP contribution in [-0.2, 0) is 19.6 Å². The lowest BCUT2D eigenvalue weighted by atomic mass is 9.87. The highest BCUT2D eigenvalue weighted by molar-refractivity contribution is 7.89. The SMILES string of the molecule is CC1CCC(NC(=O)CN2C(=O)COc3ccc(S(=O)(=O)N4CC(C)CC(C)C4)cc32)CC1. The van der Waals surface area contributed by atoms with E-state index in [1.165, 1.54) is 21.3 Å². The van der Waals surface area contributed by atoms with Crippen LogP contribution in [0.1, 0.15) is 52.9 Å². The van der Waals surface area contributed by atoms with E-state index in [0.717, 1.165) is 32.1 Å². The zero-order valence-electron chi connectivity index (χ0n) is 19.7. The number of benzene rings is 1. The van der Waals surface area contributed by atoms with Crippen molar-refractivity contribution in [3.63, 3.8) is 0 Å². The Morgan fingerprint density at radius 2 is 1.73 bits per heavy atom. The summed E-state index contributed by atoms with van der Waals surface area (Å²) < 4.78 is 33.8. The third-order valence-corrected chi connectivity index (χ3v) is 8.86. The average Bonchev–Trinajstić information content (AvgIpc) is 2.76. The number of carbonyl (C=O) groups is 2. The summed E-state index contributed by atoms with van der Waals surface area (Å²) in [6.45, 7) is 6.97. The summed E-state index contributed by atoms with van der Waals surface area (Å²) in [6, 6.07) is 4.70. The van der Waals surface area contributed by atoms with Gasteiger partial charge in [0.1, 0.15) is 12.3 Å². The number of hydrogen-bond acceptors (Lipinski definition) is 5. The Morgan fingerprint density at radius 1 is 1.06 bits per heavy atom. The Balaban J connectivity index is 1.53. The third-order valence-electron chi connectivity index (χ3n) is 7.03. The summed E-state index contributed by atoms with van der Waals surface area (Å²) >= 11 is 0. The van der Waals surface area contributed by atoms with Crippen LogP contribution in [0.5, 0.6) is 5.75 Å². The first-order valence-electron chi connectivity index (χ1n) is 12.0.